The van der Waals surface area contributed by atoms with E-state index in [1.807, 2.05) is 0 Å². The molecule has 0 saturated heterocycles. The lowest BCUT2D eigenvalue weighted by Gasteiger charge is -2.23. The van der Waals surface area contributed by atoms with Gasteiger partial charge >= 0.3 is 0 Å². The first-order valence-corrected chi connectivity index (χ1v) is 5.40. The fourth-order valence-electron chi connectivity index (χ4n) is 1.23. The second kappa shape index (κ2) is 4.74. The quantitative estimate of drug-likeness (QED) is 0.706. The molecule has 0 unspecified atom stereocenters. The van der Waals surface area contributed by atoms with Gasteiger partial charge in [-0.25, -0.2) is 0 Å². The van der Waals surface area contributed by atoms with E-state index in [0.29, 0.717) is 6.54 Å². The van der Waals surface area contributed by atoms with Gasteiger partial charge in [0.05, 0.1) is 6.61 Å². The van der Waals surface area contributed by atoms with Gasteiger partial charge in [0, 0.05) is 23.4 Å². The lowest BCUT2D eigenvalue weighted by Crippen LogP contribution is -2.33. The number of hydrogen-bond acceptors (Lipinski definition) is 3. The molecule has 0 aliphatic carbocycles. The molecule has 13 heavy (non-hydrogen) atoms. The smallest absolute Gasteiger partial charge is 0.0555 e. The summed E-state index contributed by atoms with van der Waals surface area (Å²) in [6.07, 6.45) is 0. The Kier molecular flexibility index (Phi) is 3.90. The van der Waals surface area contributed by atoms with E-state index < -0.39 is 0 Å². The molecule has 1 aromatic heterocycles. The zero-order valence-corrected chi connectivity index (χ0v) is 9.03. The number of nitrogens with one attached hydrogen (secondary N) is 1. The molecule has 1 heterocycles. The van der Waals surface area contributed by atoms with Gasteiger partial charge in [0.25, 0.3) is 0 Å². The van der Waals surface area contributed by atoms with Crippen molar-refractivity contribution >= 4 is 11.3 Å². The van der Waals surface area contributed by atoms with Crippen LogP contribution in [0.3, 0.4) is 0 Å². The van der Waals surface area contributed by atoms with Gasteiger partial charge in [-0.2, -0.15) is 0 Å². The van der Waals surface area contributed by atoms with Crippen molar-refractivity contribution in [1.29, 1.82) is 0 Å². The second-order valence-electron chi connectivity index (χ2n) is 3.76. The molecule has 1 rings (SSSR count). The van der Waals surface area contributed by atoms with Crippen LogP contribution >= 0.6 is 11.3 Å². The number of aliphatic hydroxyl groups is 1. The minimum atomic E-state index is 0.170. The van der Waals surface area contributed by atoms with E-state index in [1.165, 1.54) is 4.88 Å². The van der Waals surface area contributed by atoms with Gasteiger partial charge in [0.2, 0.25) is 0 Å². The summed E-state index contributed by atoms with van der Waals surface area (Å²) in [5.41, 5.74) is 0.170. The summed E-state index contributed by atoms with van der Waals surface area (Å²) in [6.45, 7) is 6.22. The van der Waals surface area contributed by atoms with Crippen molar-refractivity contribution in [1.82, 2.24) is 5.32 Å². The van der Waals surface area contributed by atoms with Gasteiger partial charge in [-0.05, 0) is 11.4 Å². The lowest BCUT2D eigenvalue weighted by atomic mass is 9.91. The van der Waals surface area contributed by atoms with Gasteiger partial charge in [0.15, 0.2) is 0 Å². The molecule has 2 nitrogen and oxygen atoms in total. The van der Waals surface area contributed by atoms with Gasteiger partial charge in [-0.3, -0.25) is 0 Å². The Bertz CT molecular complexity index is 231. The van der Waals surface area contributed by atoms with Gasteiger partial charge < -0.3 is 10.4 Å². The predicted octanol–water partition coefficient (Wildman–Crippen LogP) is 1.61. The third kappa shape index (κ3) is 3.10. The van der Waals surface area contributed by atoms with Crippen LogP contribution in [0.2, 0.25) is 0 Å². The minimum absolute atomic E-state index is 0.170. The van der Waals surface area contributed by atoms with Crippen LogP contribution in [-0.4, -0.2) is 24.8 Å². The molecular weight excluding hydrogens is 182 g/mol. The van der Waals surface area contributed by atoms with Gasteiger partial charge in [-0.1, -0.05) is 19.9 Å². The fourth-order valence-corrected chi connectivity index (χ4v) is 2.08. The summed E-state index contributed by atoms with van der Waals surface area (Å²) in [6, 6.07) is 4.24. The molecule has 0 radical (unpaired) electrons. The monoisotopic (exact) mass is 199 g/mol. The van der Waals surface area contributed by atoms with Crippen LogP contribution in [0.5, 0.6) is 0 Å². The van der Waals surface area contributed by atoms with E-state index >= 15 is 0 Å². The normalized spacial score (nSPS) is 11.9. The number of aliphatic hydroxyl groups excluding tert-OH is 1. The highest BCUT2D eigenvalue weighted by Crippen LogP contribution is 2.26. The van der Waals surface area contributed by atoms with Gasteiger partial charge in [-0.15, -0.1) is 11.3 Å². The van der Waals surface area contributed by atoms with Crippen LogP contribution in [0.15, 0.2) is 17.5 Å². The summed E-state index contributed by atoms with van der Waals surface area (Å²) in [7, 11) is 0. The summed E-state index contributed by atoms with van der Waals surface area (Å²) in [4.78, 5) is 1.39. The molecule has 0 bridgehead atoms. The Labute approximate surface area is 83.6 Å². The van der Waals surface area contributed by atoms with Crippen LogP contribution in [0.25, 0.3) is 0 Å². The topological polar surface area (TPSA) is 32.3 Å². The van der Waals surface area contributed by atoms with Crippen molar-refractivity contribution in [2.45, 2.75) is 19.3 Å². The molecule has 0 atom stereocenters. The molecule has 0 spiro atoms. The third-order valence-corrected chi connectivity index (χ3v) is 3.28. The molecule has 2 N–H and O–H groups in total. The van der Waals surface area contributed by atoms with E-state index in [4.69, 9.17) is 5.11 Å². The van der Waals surface area contributed by atoms with E-state index in [9.17, 15) is 0 Å². The van der Waals surface area contributed by atoms with Crippen molar-refractivity contribution in [2.24, 2.45) is 0 Å². The van der Waals surface area contributed by atoms with Crippen molar-refractivity contribution in [3.63, 3.8) is 0 Å². The SMILES string of the molecule is CC(C)(CNCCO)c1cccs1. The summed E-state index contributed by atoms with van der Waals surface area (Å²) in [5, 5.41) is 14.0. The molecule has 0 amide bonds. The standard InChI is InChI=1S/C10H17NOS/c1-10(2,8-11-5-6-12)9-4-3-7-13-9/h3-4,7,11-12H,5-6,8H2,1-2H3. The first-order valence-electron chi connectivity index (χ1n) is 4.52. The predicted molar refractivity (Wildman–Crippen MR) is 57.3 cm³/mol. The molecule has 0 aromatic carbocycles. The first-order chi connectivity index (χ1) is 6.17. The third-order valence-electron chi connectivity index (χ3n) is 2.04. The van der Waals surface area contributed by atoms with Crippen LogP contribution in [0.4, 0.5) is 0 Å². The average Bonchev–Trinajstić information content (AvgIpc) is 2.56. The molecular formula is C10H17NOS. The molecule has 0 aliphatic heterocycles. The van der Waals surface area contributed by atoms with Crippen LogP contribution in [0.1, 0.15) is 18.7 Å². The molecule has 0 aliphatic rings. The Morgan fingerprint density at radius 1 is 1.54 bits per heavy atom. The van der Waals surface area contributed by atoms with Crippen molar-refractivity contribution < 1.29 is 5.11 Å². The Morgan fingerprint density at radius 3 is 2.85 bits per heavy atom. The molecule has 3 heteroatoms. The van der Waals surface area contributed by atoms with E-state index in [-0.39, 0.29) is 12.0 Å². The fraction of sp³-hybridized carbons (Fsp3) is 0.600. The number of rotatable bonds is 5. The highest BCUT2D eigenvalue weighted by Gasteiger charge is 2.20. The second-order valence-corrected chi connectivity index (χ2v) is 4.71. The molecule has 1 aromatic rings. The zero-order valence-electron chi connectivity index (χ0n) is 8.21. The lowest BCUT2D eigenvalue weighted by molar-refractivity contribution is 0.287. The van der Waals surface area contributed by atoms with Crippen LogP contribution in [-0.2, 0) is 5.41 Å². The van der Waals surface area contributed by atoms with Crippen molar-refractivity contribution in [3.05, 3.63) is 22.4 Å². The highest BCUT2D eigenvalue weighted by atomic mass is 32.1. The minimum Gasteiger partial charge on any atom is -0.395 e. The molecule has 0 fully saturated rings. The van der Waals surface area contributed by atoms with Crippen LogP contribution in [0, 0.1) is 0 Å². The Hall–Kier alpha value is -0.380. The van der Waals surface area contributed by atoms with Crippen LogP contribution < -0.4 is 5.32 Å². The Balaban J connectivity index is 2.46. The average molecular weight is 199 g/mol. The van der Waals surface area contributed by atoms with E-state index in [0.717, 1.165) is 6.54 Å². The number of hydrogen-bond donors (Lipinski definition) is 2. The highest BCUT2D eigenvalue weighted by molar-refractivity contribution is 7.10. The maximum absolute atomic E-state index is 8.63. The first kappa shape index (κ1) is 10.7. The molecule has 0 saturated carbocycles. The maximum Gasteiger partial charge on any atom is 0.0555 e. The Morgan fingerprint density at radius 2 is 2.31 bits per heavy atom. The molecule has 74 valence electrons. The number of thiophene rings is 1. The van der Waals surface area contributed by atoms with Gasteiger partial charge in [0.1, 0.15) is 0 Å². The van der Waals surface area contributed by atoms with Crippen molar-refractivity contribution in [3.8, 4) is 0 Å². The largest absolute Gasteiger partial charge is 0.395 e. The summed E-state index contributed by atoms with van der Waals surface area (Å²) < 4.78 is 0. The van der Waals surface area contributed by atoms with E-state index in [2.05, 4.69) is 36.7 Å². The zero-order chi connectivity index (χ0) is 9.73. The maximum atomic E-state index is 8.63. The summed E-state index contributed by atoms with van der Waals surface area (Å²) >= 11 is 1.79. The summed E-state index contributed by atoms with van der Waals surface area (Å²) in [5.74, 6) is 0. The van der Waals surface area contributed by atoms with Crippen molar-refractivity contribution in [2.75, 3.05) is 19.7 Å². The van der Waals surface area contributed by atoms with E-state index in [1.54, 1.807) is 11.3 Å².